The highest BCUT2D eigenvalue weighted by molar-refractivity contribution is 6.04. The summed E-state index contributed by atoms with van der Waals surface area (Å²) in [5, 5.41) is 3.35. The molecule has 34 heavy (non-hydrogen) atoms. The largest absolute Gasteiger partial charge is 0.494 e. The summed E-state index contributed by atoms with van der Waals surface area (Å²) >= 11 is 0. The van der Waals surface area contributed by atoms with Gasteiger partial charge in [-0.2, -0.15) is 4.98 Å². The van der Waals surface area contributed by atoms with Crippen LogP contribution in [0.5, 0.6) is 5.75 Å². The van der Waals surface area contributed by atoms with Gasteiger partial charge in [0, 0.05) is 50.0 Å². The minimum absolute atomic E-state index is 0.0760. The van der Waals surface area contributed by atoms with Crippen LogP contribution in [0.2, 0.25) is 0 Å². The number of piperazine rings is 1. The first kappa shape index (κ1) is 22.7. The fourth-order valence-electron chi connectivity index (χ4n) is 5.70. The number of nitrogens with one attached hydrogen (secondary N) is 1. The van der Waals surface area contributed by atoms with Crippen LogP contribution in [0.25, 0.3) is 0 Å². The summed E-state index contributed by atoms with van der Waals surface area (Å²) < 4.78 is 5.74. The maximum absolute atomic E-state index is 12.9. The highest BCUT2D eigenvalue weighted by Gasteiger charge is 2.41. The first-order valence-electron chi connectivity index (χ1n) is 12.2. The lowest BCUT2D eigenvalue weighted by Crippen LogP contribution is -2.54. The van der Waals surface area contributed by atoms with Crippen molar-refractivity contribution < 1.29 is 9.53 Å². The van der Waals surface area contributed by atoms with Crippen molar-refractivity contribution in [2.45, 2.75) is 57.8 Å². The number of carbonyl (C=O) groups is 1. The number of fused-ring (bicyclic) bond motifs is 3. The Morgan fingerprint density at radius 3 is 2.62 bits per heavy atom. The van der Waals surface area contributed by atoms with Crippen molar-refractivity contribution in [1.29, 1.82) is 0 Å². The lowest BCUT2D eigenvalue weighted by molar-refractivity contribution is -0.120. The van der Waals surface area contributed by atoms with Crippen molar-refractivity contribution >= 4 is 34.7 Å². The van der Waals surface area contributed by atoms with E-state index in [1.807, 2.05) is 13.0 Å². The molecule has 182 valence electrons. The number of likely N-dealkylation sites (tertiary alicyclic amines) is 1. The van der Waals surface area contributed by atoms with Gasteiger partial charge in [0.05, 0.1) is 19.0 Å². The lowest BCUT2D eigenvalue weighted by atomic mass is 10.1. The topological polar surface area (TPSA) is 77.1 Å². The molecule has 1 aromatic heterocycles. The van der Waals surface area contributed by atoms with Crippen LogP contribution in [0, 0.1) is 0 Å². The molecule has 2 aromatic rings. The van der Waals surface area contributed by atoms with E-state index in [2.05, 4.69) is 58.0 Å². The molecule has 1 aromatic carbocycles. The number of carbonyl (C=O) groups excluding carboxylic acids is 1. The second-order valence-electron chi connectivity index (χ2n) is 9.87. The predicted octanol–water partition coefficient (Wildman–Crippen LogP) is 3.09. The van der Waals surface area contributed by atoms with Gasteiger partial charge in [0.25, 0.3) is 0 Å². The average Bonchev–Trinajstić information content (AvgIpc) is 3.40. The molecule has 2 fully saturated rings. The summed E-state index contributed by atoms with van der Waals surface area (Å²) in [6.45, 7) is 8.38. The number of aromatic nitrogens is 2. The van der Waals surface area contributed by atoms with Crippen LogP contribution in [0.3, 0.4) is 0 Å². The summed E-state index contributed by atoms with van der Waals surface area (Å²) in [4.78, 5) is 31.0. The Labute approximate surface area is 201 Å². The van der Waals surface area contributed by atoms with Gasteiger partial charge in [-0.3, -0.25) is 9.69 Å². The number of hydrogen-bond donors (Lipinski definition) is 1. The number of anilines is 5. The van der Waals surface area contributed by atoms with Crippen molar-refractivity contribution in [3.05, 3.63) is 24.4 Å². The van der Waals surface area contributed by atoms with E-state index < -0.39 is 0 Å². The van der Waals surface area contributed by atoms with Crippen LogP contribution in [-0.4, -0.2) is 79.2 Å². The zero-order valence-electron chi connectivity index (χ0n) is 20.9. The molecule has 4 heterocycles. The summed E-state index contributed by atoms with van der Waals surface area (Å²) in [5.41, 5.74) is 2.73. The van der Waals surface area contributed by atoms with Crippen LogP contribution in [0.1, 0.15) is 33.6 Å². The Balaban J connectivity index is 1.43. The smallest absolute Gasteiger partial charge is 0.249 e. The molecule has 1 amide bonds. The van der Waals surface area contributed by atoms with Gasteiger partial charge in [0.1, 0.15) is 17.5 Å². The van der Waals surface area contributed by atoms with Crippen molar-refractivity contribution in [2.75, 3.05) is 54.3 Å². The number of benzene rings is 1. The molecule has 3 aliphatic heterocycles. The molecular weight excluding hydrogens is 430 g/mol. The summed E-state index contributed by atoms with van der Waals surface area (Å²) in [6.07, 6.45) is 3.67. The standard InChI is InChI=1S/C25H35N7O2/c1-7-20-24(33)30(5)21-12-26-25(28-23(21)32(20)15(2)3)27-19-9-8-16(11-22(19)34-6)31-14-17-10-18(31)13-29(17)4/h8-9,11-12,15,17-18,20H,7,10,13-14H2,1-6H3,(H,26,27,28)/t17?,18?,20-/m1/s1. The third-order valence-corrected chi connectivity index (χ3v) is 7.53. The molecular formula is C25H35N7O2. The highest BCUT2D eigenvalue weighted by Crippen LogP contribution is 2.39. The van der Waals surface area contributed by atoms with Gasteiger partial charge in [0.2, 0.25) is 11.9 Å². The molecule has 2 unspecified atom stereocenters. The van der Waals surface area contributed by atoms with E-state index in [-0.39, 0.29) is 18.0 Å². The predicted molar refractivity (Wildman–Crippen MR) is 136 cm³/mol. The third kappa shape index (κ3) is 3.62. The lowest BCUT2D eigenvalue weighted by Gasteiger charge is -2.42. The molecule has 3 aliphatic rings. The SMILES string of the molecule is CC[C@@H]1C(=O)N(C)c2cnc(Nc3ccc(N4CC5CC4CN5C)cc3OC)nc2N1C(C)C. The Hall–Kier alpha value is -3.07. The second-order valence-corrected chi connectivity index (χ2v) is 9.87. The van der Waals surface area contributed by atoms with Gasteiger partial charge in [0.15, 0.2) is 5.82 Å². The zero-order valence-corrected chi connectivity index (χ0v) is 20.9. The molecule has 1 N–H and O–H groups in total. The average molecular weight is 466 g/mol. The Morgan fingerprint density at radius 2 is 2.00 bits per heavy atom. The number of likely N-dealkylation sites (N-methyl/N-ethyl adjacent to an activating group) is 2. The maximum atomic E-state index is 12.9. The number of methoxy groups -OCH3 is 1. The zero-order chi connectivity index (χ0) is 24.1. The Bertz CT molecular complexity index is 1090. The first-order valence-corrected chi connectivity index (χ1v) is 12.2. The van der Waals surface area contributed by atoms with E-state index >= 15 is 0 Å². The number of hydrogen-bond acceptors (Lipinski definition) is 8. The molecule has 5 rings (SSSR count). The third-order valence-electron chi connectivity index (χ3n) is 7.53. The van der Waals surface area contributed by atoms with Crippen LogP contribution >= 0.6 is 0 Å². The van der Waals surface area contributed by atoms with E-state index in [0.717, 1.165) is 42.5 Å². The summed E-state index contributed by atoms with van der Waals surface area (Å²) in [5.74, 6) is 2.09. The van der Waals surface area contributed by atoms with Gasteiger partial charge in [-0.15, -0.1) is 0 Å². The highest BCUT2D eigenvalue weighted by atomic mass is 16.5. The van der Waals surface area contributed by atoms with E-state index in [1.165, 1.54) is 12.1 Å². The van der Waals surface area contributed by atoms with E-state index in [1.54, 1.807) is 25.3 Å². The summed E-state index contributed by atoms with van der Waals surface area (Å²) in [7, 11) is 5.70. The van der Waals surface area contributed by atoms with Crippen LogP contribution in [0.4, 0.5) is 28.8 Å². The normalized spacial score (nSPS) is 24.3. The van der Waals surface area contributed by atoms with E-state index in [4.69, 9.17) is 9.72 Å². The molecule has 0 radical (unpaired) electrons. The van der Waals surface area contributed by atoms with Crippen molar-refractivity contribution in [2.24, 2.45) is 0 Å². The van der Waals surface area contributed by atoms with Gasteiger partial charge in [-0.25, -0.2) is 4.98 Å². The van der Waals surface area contributed by atoms with Crippen molar-refractivity contribution in [1.82, 2.24) is 14.9 Å². The molecule has 0 spiro atoms. The molecule has 3 atom stereocenters. The van der Waals surface area contributed by atoms with Gasteiger partial charge < -0.3 is 24.8 Å². The van der Waals surface area contributed by atoms with Crippen LogP contribution in [0.15, 0.2) is 24.4 Å². The monoisotopic (exact) mass is 465 g/mol. The molecule has 9 nitrogen and oxygen atoms in total. The van der Waals surface area contributed by atoms with Gasteiger partial charge >= 0.3 is 0 Å². The molecule has 0 aliphatic carbocycles. The Morgan fingerprint density at radius 1 is 1.21 bits per heavy atom. The fraction of sp³-hybridized carbons (Fsp3) is 0.560. The van der Waals surface area contributed by atoms with Crippen LogP contribution in [-0.2, 0) is 4.79 Å². The minimum atomic E-state index is -0.232. The number of ether oxygens (including phenoxy) is 1. The van der Waals surface area contributed by atoms with Gasteiger partial charge in [-0.05, 0) is 45.9 Å². The second kappa shape index (κ2) is 8.61. The number of amides is 1. The fourth-order valence-corrected chi connectivity index (χ4v) is 5.70. The number of nitrogens with zero attached hydrogens (tertiary/aromatic N) is 6. The first-order chi connectivity index (χ1) is 16.3. The quantitative estimate of drug-likeness (QED) is 0.698. The Kier molecular flexibility index (Phi) is 5.75. The van der Waals surface area contributed by atoms with Crippen molar-refractivity contribution in [3.63, 3.8) is 0 Å². The molecule has 2 bridgehead atoms. The van der Waals surface area contributed by atoms with Gasteiger partial charge in [-0.1, -0.05) is 6.92 Å². The summed E-state index contributed by atoms with van der Waals surface area (Å²) in [6, 6.07) is 7.38. The van der Waals surface area contributed by atoms with E-state index in [0.29, 0.717) is 18.0 Å². The number of rotatable bonds is 6. The molecule has 0 saturated carbocycles. The molecule has 2 saturated heterocycles. The molecule has 9 heteroatoms. The van der Waals surface area contributed by atoms with Crippen molar-refractivity contribution in [3.8, 4) is 5.75 Å². The van der Waals surface area contributed by atoms with Crippen LogP contribution < -0.4 is 24.8 Å². The maximum Gasteiger partial charge on any atom is 0.249 e. The van der Waals surface area contributed by atoms with E-state index in [9.17, 15) is 4.79 Å². The minimum Gasteiger partial charge on any atom is -0.494 e.